The molecule has 10 heteroatoms. The summed E-state index contributed by atoms with van der Waals surface area (Å²) in [6.07, 6.45) is 0. The summed E-state index contributed by atoms with van der Waals surface area (Å²) in [5.74, 6) is -0.219. The van der Waals surface area contributed by atoms with E-state index in [4.69, 9.17) is 4.74 Å². The highest BCUT2D eigenvalue weighted by molar-refractivity contribution is 6.08. The van der Waals surface area contributed by atoms with Gasteiger partial charge in [0.05, 0.1) is 29.4 Å². The number of amides is 2. The van der Waals surface area contributed by atoms with E-state index in [9.17, 15) is 19.7 Å². The van der Waals surface area contributed by atoms with E-state index >= 15 is 0 Å². The molecule has 2 saturated heterocycles. The number of nitro benzene ring substituents is 1. The van der Waals surface area contributed by atoms with Crippen molar-refractivity contribution in [1.29, 1.82) is 0 Å². The molecule has 0 bridgehead atoms. The number of nitro groups is 1. The van der Waals surface area contributed by atoms with Gasteiger partial charge in [-0.05, 0) is 30.3 Å². The first-order valence-electron chi connectivity index (χ1n) is 11.9. The minimum Gasteiger partial charge on any atom is -0.378 e. The zero-order valence-electron chi connectivity index (χ0n) is 20.1. The van der Waals surface area contributed by atoms with E-state index in [-0.39, 0.29) is 23.1 Å². The molecule has 2 amide bonds. The standard InChI is InChI=1S/C25H31N5O5/c1-18(2)25(32)29-11-9-27(10-12-29)20-5-3-19(4-6-20)26-24(31)22-17-21(30(33)34)7-8-23(22)28-13-15-35-16-14-28/h3-8,17-18H,9-16H2,1-2H3,(H,26,31). The first kappa shape index (κ1) is 24.5. The molecule has 4 rings (SSSR count). The van der Waals surface area contributed by atoms with E-state index in [1.807, 2.05) is 47.9 Å². The predicted molar refractivity (Wildman–Crippen MR) is 134 cm³/mol. The Morgan fingerprint density at radius 2 is 1.60 bits per heavy atom. The maximum absolute atomic E-state index is 13.2. The second-order valence-electron chi connectivity index (χ2n) is 9.03. The fourth-order valence-corrected chi connectivity index (χ4v) is 4.40. The van der Waals surface area contributed by atoms with Crippen molar-refractivity contribution < 1.29 is 19.2 Å². The Bertz CT molecular complexity index is 1070. The maximum Gasteiger partial charge on any atom is 0.270 e. The van der Waals surface area contributed by atoms with Crippen LogP contribution >= 0.6 is 0 Å². The zero-order chi connectivity index (χ0) is 24.9. The van der Waals surface area contributed by atoms with Crippen LogP contribution in [0.5, 0.6) is 0 Å². The number of piperazine rings is 1. The summed E-state index contributed by atoms with van der Waals surface area (Å²) in [7, 11) is 0. The van der Waals surface area contributed by atoms with Gasteiger partial charge in [0.2, 0.25) is 5.91 Å². The Morgan fingerprint density at radius 1 is 0.943 bits per heavy atom. The molecule has 2 heterocycles. The highest BCUT2D eigenvalue weighted by Crippen LogP contribution is 2.28. The number of nitrogens with one attached hydrogen (secondary N) is 1. The molecule has 0 spiro atoms. The molecular weight excluding hydrogens is 450 g/mol. The van der Waals surface area contributed by atoms with Crippen LogP contribution in [0.1, 0.15) is 24.2 Å². The van der Waals surface area contributed by atoms with E-state index in [0.717, 1.165) is 18.8 Å². The summed E-state index contributed by atoms with van der Waals surface area (Å²) in [6.45, 7) is 9.02. The van der Waals surface area contributed by atoms with Crippen molar-refractivity contribution in [3.05, 3.63) is 58.1 Å². The van der Waals surface area contributed by atoms with Gasteiger partial charge in [-0.3, -0.25) is 19.7 Å². The number of nitrogens with zero attached hydrogens (tertiary/aromatic N) is 4. The molecule has 1 N–H and O–H groups in total. The average molecular weight is 482 g/mol. The molecule has 2 aliphatic rings. The number of ether oxygens (including phenoxy) is 1. The predicted octanol–water partition coefficient (Wildman–Crippen LogP) is 2.99. The molecule has 2 aliphatic heterocycles. The third kappa shape index (κ3) is 5.71. The minimum absolute atomic E-state index is 0.000688. The van der Waals surface area contributed by atoms with Gasteiger partial charge in [0.1, 0.15) is 0 Å². The average Bonchev–Trinajstić information content (AvgIpc) is 2.89. The number of benzene rings is 2. The second-order valence-corrected chi connectivity index (χ2v) is 9.03. The summed E-state index contributed by atoms with van der Waals surface area (Å²) in [5, 5.41) is 14.2. The molecule has 10 nitrogen and oxygen atoms in total. The molecule has 0 aromatic heterocycles. The number of morpholine rings is 1. The van der Waals surface area contributed by atoms with Gasteiger partial charge in [-0.25, -0.2) is 0 Å². The Balaban J connectivity index is 1.44. The van der Waals surface area contributed by atoms with Crippen LogP contribution in [0, 0.1) is 16.0 Å². The highest BCUT2D eigenvalue weighted by atomic mass is 16.6. The smallest absolute Gasteiger partial charge is 0.270 e. The van der Waals surface area contributed by atoms with Crippen molar-refractivity contribution in [3.63, 3.8) is 0 Å². The fourth-order valence-electron chi connectivity index (χ4n) is 4.40. The monoisotopic (exact) mass is 481 g/mol. The third-order valence-electron chi connectivity index (χ3n) is 6.36. The maximum atomic E-state index is 13.2. The molecule has 0 saturated carbocycles. The van der Waals surface area contributed by atoms with Gasteiger partial charge in [-0.2, -0.15) is 0 Å². The van der Waals surface area contributed by atoms with Crippen LogP contribution in [-0.4, -0.2) is 74.1 Å². The van der Waals surface area contributed by atoms with Crippen molar-refractivity contribution in [3.8, 4) is 0 Å². The molecule has 0 atom stereocenters. The lowest BCUT2D eigenvalue weighted by Gasteiger charge is -2.37. The SMILES string of the molecule is CC(C)C(=O)N1CCN(c2ccc(NC(=O)c3cc([N+](=O)[O-])ccc3N3CCOCC3)cc2)CC1. The zero-order valence-corrected chi connectivity index (χ0v) is 20.1. The number of rotatable bonds is 6. The van der Waals surface area contributed by atoms with Crippen LogP contribution in [0.15, 0.2) is 42.5 Å². The molecule has 35 heavy (non-hydrogen) atoms. The summed E-state index contributed by atoms with van der Waals surface area (Å²) in [4.78, 5) is 42.3. The molecule has 0 aliphatic carbocycles. The van der Waals surface area contributed by atoms with Gasteiger partial charge >= 0.3 is 0 Å². The van der Waals surface area contributed by atoms with Crippen molar-refractivity contribution in [2.75, 3.05) is 67.6 Å². The molecule has 2 fully saturated rings. The van der Waals surface area contributed by atoms with Gasteiger partial charge in [-0.15, -0.1) is 0 Å². The summed E-state index contributed by atoms with van der Waals surface area (Å²) >= 11 is 0. The number of hydrogen-bond acceptors (Lipinski definition) is 7. The van der Waals surface area contributed by atoms with Gasteiger partial charge < -0.3 is 24.8 Å². The number of carbonyl (C=O) groups excluding carboxylic acids is 2. The van der Waals surface area contributed by atoms with E-state index in [0.29, 0.717) is 50.8 Å². The molecule has 186 valence electrons. The first-order chi connectivity index (χ1) is 16.8. The Kier molecular flexibility index (Phi) is 7.50. The second kappa shape index (κ2) is 10.7. The van der Waals surface area contributed by atoms with E-state index in [1.165, 1.54) is 12.1 Å². The van der Waals surface area contributed by atoms with Crippen LogP contribution in [0.3, 0.4) is 0 Å². The summed E-state index contributed by atoms with van der Waals surface area (Å²) < 4.78 is 5.39. The lowest BCUT2D eigenvalue weighted by atomic mass is 10.1. The lowest BCUT2D eigenvalue weighted by Crippen LogP contribution is -2.49. The van der Waals surface area contributed by atoms with Crippen molar-refractivity contribution in [1.82, 2.24) is 4.90 Å². The van der Waals surface area contributed by atoms with Gasteiger partial charge in [0, 0.05) is 68.7 Å². The normalized spacial score (nSPS) is 16.4. The number of non-ortho nitro benzene ring substituents is 1. The topological polar surface area (TPSA) is 108 Å². The summed E-state index contributed by atoms with van der Waals surface area (Å²) in [6, 6.07) is 11.9. The molecule has 2 aromatic carbocycles. The summed E-state index contributed by atoms with van der Waals surface area (Å²) in [5.41, 5.74) is 2.41. The number of anilines is 3. The van der Waals surface area contributed by atoms with Crippen LogP contribution in [-0.2, 0) is 9.53 Å². The quantitative estimate of drug-likeness (QED) is 0.499. The van der Waals surface area contributed by atoms with Gasteiger partial charge in [0.25, 0.3) is 11.6 Å². The largest absolute Gasteiger partial charge is 0.378 e. The van der Waals surface area contributed by atoms with Gasteiger partial charge in [0.15, 0.2) is 0 Å². The Morgan fingerprint density at radius 3 is 2.20 bits per heavy atom. The third-order valence-corrected chi connectivity index (χ3v) is 6.36. The molecular formula is C25H31N5O5. The first-order valence-corrected chi connectivity index (χ1v) is 11.9. The van der Waals surface area contributed by atoms with E-state index in [2.05, 4.69) is 10.2 Å². The highest BCUT2D eigenvalue weighted by Gasteiger charge is 2.24. The molecule has 0 radical (unpaired) electrons. The van der Waals surface area contributed by atoms with Crippen molar-refractivity contribution in [2.45, 2.75) is 13.8 Å². The van der Waals surface area contributed by atoms with Crippen LogP contribution in [0.2, 0.25) is 0 Å². The van der Waals surface area contributed by atoms with Crippen LogP contribution in [0.4, 0.5) is 22.7 Å². The molecule has 2 aromatic rings. The van der Waals surface area contributed by atoms with Crippen LogP contribution in [0.25, 0.3) is 0 Å². The Labute approximate surface area is 204 Å². The molecule has 0 unspecified atom stereocenters. The number of hydrogen-bond donors (Lipinski definition) is 1. The minimum atomic E-state index is -0.497. The Hall–Kier alpha value is -3.66. The van der Waals surface area contributed by atoms with E-state index in [1.54, 1.807) is 6.07 Å². The fraction of sp³-hybridized carbons (Fsp3) is 0.440. The van der Waals surface area contributed by atoms with Crippen molar-refractivity contribution >= 4 is 34.6 Å². The van der Waals surface area contributed by atoms with E-state index < -0.39 is 10.8 Å². The van der Waals surface area contributed by atoms with Gasteiger partial charge in [-0.1, -0.05) is 13.8 Å². The van der Waals surface area contributed by atoms with Crippen LogP contribution < -0.4 is 15.1 Å². The lowest BCUT2D eigenvalue weighted by molar-refractivity contribution is -0.384. The number of carbonyl (C=O) groups is 2. The van der Waals surface area contributed by atoms with Crippen molar-refractivity contribution in [2.24, 2.45) is 5.92 Å².